The Bertz CT molecular complexity index is 625. The summed E-state index contributed by atoms with van der Waals surface area (Å²) < 4.78 is 0. The van der Waals surface area contributed by atoms with Crippen molar-refractivity contribution in [2.24, 2.45) is 0 Å². The van der Waals surface area contributed by atoms with Crippen LogP contribution in [-0.4, -0.2) is 22.4 Å². The van der Waals surface area contributed by atoms with Gasteiger partial charge in [-0.1, -0.05) is 49.6 Å². The average molecular weight is 312 g/mol. The fourth-order valence-electron chi connectivity index (χ4n) is 2.22. The summed E-state index contributed by atoms with van der Waals surface area (Å²) in [5.74, 6) is 0.403. The SMILES string of the molecule is CCCCCNc1ncc(C(=O)NCc2cccc(C)c2)cn1. The molecule has 122 valence electrons. The fourth-order valence-corrected chi connectivity index (χ4v) is 2.22. The number of carbonyl (C=O) groups is 1. The van der Waals surface area contributed by atoms with Gasteiger partial charge in [-0.05, 0) is 18.9 Å². The van der Waals surface area contributed by atoms with Crippen LogP contribution < -0.4 is 10.6 Å². The maximum absolute atomic E-state index is 12.1. The van der Waals surface area contributed by atoms with Crippen LogP contribution in [0.25, 0.3) is 0 Å². The summed E-state index contributed by atoms with van der Waals surface area (Å²) in [7, 11) is 0. The number of nitrogens with one attached hydrogen (secondary N) is 2. The van der Waals surface area contributed by atoms with Gasteiger partial charge in [0.05, 0.1) is 5.56 Å². The van der Waals surface area contributed by atoms with Gasteiger partial charge in [-0.15, -0.1) is 0 Å². The maximum Gasteiger partial charge on any atom is 0.254 e. The molecule has 0 spiro atoms. The van der Waals surface area contributed by atoms with Gasteiger partial charge >= 0.3 is 0 Å². The zero-order valence-electron chi connectivity index (χ0n) is 13.8. The molecule has 0 fully saturated rings. The van der Waals surface area contributed by atoms with E-state index in [-0.39, 0.29) is 5.91 Å². The molecule has 2 rings (SSSR count). The second kappa shape index (κ2) is 8.88. The molecule has 5 heteroatoms. The summed E-state index contributed by atoms with van der Waals surface area (Å²) in [6.45, 7) is 5.55. The molecule has 1 aromatic carbocycles. The van der Waals surface area contributed by atoms with Crippen molar-refractivity contribution in [2.45, 2.75) is 39.7 Å². The van der Waals surface area contributed by atoms with Crippen molar-refractivity contribution >= 4 is 11.9 Å². The smallest absolute Gasteiger partial charge is 0.254 e. The van der Waals surface area contributed by atoms with Crippen molar-refractivity contribution in [3.63, 3.8) is 0 Å². The number of amides is 1. The molecule has 5 nitrogen and oxygen atoms in total. The number of nitrogens with zero attached hydrogens (tertiary/aromatic N) is 2. The van der Waals surface area contributed by atoms with E-state index in [0.717, 1.165) is 18.5 Å². The van der Waals surface area contributed by atoms with Gasteiger partial charge in [-0.25, -0.2) is 9.97 Å². The molecule has 1 amide bonds. The zero-order chi connectivity index (χ0) is 16.5. The van der Waals surface area contributed by atoms with Crippen molar-refractivity contribution < 1.29 is 4.79 Å². The van der Waals surface area contributed by atoms with Crippen LogP contribution in [0.3, 0.4) is 0 Å². The van der Waals surface area contributed by atoms with Crippen LogP contribution in [0.1, 0.15) is 47.7 Å². The highest BCUT2D eigenvalue weighted by molar-refractivity contribution is 5.93. The summed E-state index contributed by atoms with van der Waals surface area (Å²) in [5, 5.41) is 6.04. The molecular weight excluding hydrogens is 288 g/mol. The molecule has 0 saturated heterocycles. The highest BCUT2D eigenvalue weighted by Crippen LogP contribution is 2.05. The molecular formula is C18H24N4O. The van der Waals surface area contributed by atoms with Gasteiger partial charge in [0, 0.05) is 25.5 Å². The molecule has 0 saturated carbocycles. The Balaban J connectivity index is 1.82. The van der Waals surface area contributed by atoms with Crippen LogP contribution in [0.5, 0.6) is 0 Å². The number of carbonyl (C=O) groups excluding carboxylic acids is 1. The first kappa shape index (κ1) is 16.9. The van der Waals surface area contributed by atoms with E-state index in [0.29, 0.717) is 18.1 Å². The van der Waals surface area contributed by atoms with E-state index in [1.54, 1.807) is 12.4 Å². The Labute approximate surface area is 137 Å². The van der Waals surface area contributed by atoms with Crippen LogP contribution in [0.4, 0.5) is 5.95 Å². The van der Waals surface area contributed by atoms with Crippen LogP contribution >= 0.6 is 0 Å². The first-order chi connectivity index (χ1) is 11.2. The lowest BCUT2D eigenvalue weighted by Gasteiger charge is -2.07. The molecule has 1 heterocycles. The summed E-state index contributed by atoms with van der Waals surface area (Å²) in [5.41, 5.74) is 2.73. The van der Waals surface area contributed by atoms with Crippen LogP contribution in [0.2, 0.25) is 0 Å². The fraction of sp³-hybridized carbons (Fsp3) is 0.389. The number of aryl methyl sites for hydroxylation is 1. The van der Waals surface area contributed by atoms with Crippen molar-refractivity contribution in [1.82, 2.24) is 15.3 Å². The lowest BCUT2D eigenvalue weighted by atomic mass is 10.1. The van der Waals surface area contributed by atoms with Gasteiger partial charge in [0.25, 0.3) is 5.91 Å². The molecule has 0 atom stereocenters. The molecule has 0 aliphatic carbocycles. The van der Waals surface area contributed by atoms with Crippen molar-refractivity contribution in [3.05, 3.63) is 53.3 Å². The third-order valence-electron chi connectivity index (χ3n) is 3.51. The van der Waals surface area contributed by atoms with Crippen molar-refractivity contribution in [2.75, 3.05) is 11.9 Å². The van der Waals surface area contributed by atoms with Gasteiger partial charge in [-0.3, -0.25) is 4.79 Å². The number of hydrogen-bond acceptors (Lipinski definition) is 4. The van der Waals surface area contributed by atoms with E-state index in [1.165, 1.54) is 18.4 Å². The molecule has 2 N–H and O–H groups in total. The van der Waals surface area contributed by atoms with Gasteiger partial charge < -0.3 is 10.6 Å². The zero-order valence-corrected chi connectivity index (χ0v) is 13.8. The maximum atomic E-state index is 12.1. The van der Waals surface area contributed by atoms with Crippen LogP contribution in [0, 0.1) is 6.92 Å². The minimum Gasteiger partial charge on any atom is -0.354 e. The third-order valence-corrected chi connectivity index (χ3v) is 3.51. The molecule has 0 bridgehead atoms. The number of rotatable bonds is 8. The molecule has 0 radical (unpaired) electrons. The van der Waals surface area contributed by atoms with Gasteiger partial charge in [0.1, 0.15) is 0 Å². The lowest BCUT2D eigenvalue weighted by Crippen LogP contribution is -2.23. The number of hydrogen-bond donors (Lipinski definition) is 2. The first-order valence-electron chi connectivity index (χ1n) is 8.08. The Morgan fingerprint density at radius 1 is 1.17 bits per heavy atom. The third kappa shape index (κ3) is 5.70. The quantitative estimate of drug-likeness (QED) is 0.734. The van der Waals surface area contributed by atoms with E-state index >= 15 is 0 Å². The Morgan fingerprint density at radius 2 is 1.96 bits per heavy atom. The molecule has 2 aromatic rings. The first-order valence-corrected chi connectivity index (χ1v) is 8.08. The summed E-state index contributed by atoms with van der Waals surface area (Å²) in [6.07, 6.45) is 6.58. The predicted octanol–water partition coefficient (Wildman–Crippen LogP) is 3.32. The summed E-state index contributed by atoms with van der Waals surface area (Å²) in [6, 6.07) is 8.07. The summed E-state index contributed by atoms with van der Waals surface area (Å²) in [4.78, 5) is 20.5. The van der Waals surface area contributed by atoms with E-state index < -0.39 is 0 Å². The molecule has 0 unspecified atom stereocenters. The van der Waals surface area contributed by atoms with Gasteiger partial charge in [-0.2, -0.15) is 0 Å². The number of unbranched alkanes of at least 4 members (excludes halogenated alkanes) is 2. The minimum absolute atomic E-state index is 0.163. The summed E-state index contributed by atoms with van der Waals surface area (Å²) >= 11 is 0. The van der Waals surface area contributed by atoms with E-state index in [1.807, 2.05) is 25.1 Å². The monoisotopic (exact) mass is 312 g/mol. The number of aromatic nitrogens is 2. The van der Waals surface area contributed by atoms with Crippen molar-refractivity contribution in [3.8, 4) is 0 Å². The second-order valence-corrected chi connectivity index (χ2v) is 5.60. The Kier molecular flexibility index (Phi) is 6.54. The average Bonchev–Trinajstić information content (AvgIpc) is 2.57. The predicted molar refractivity (Wildman–Crippen MR) is 92.4 cm³/mol. The van der Waals surface area contributed by atoms with Crippen LogP contribution in [0.15, 0.2) is 36.7 Å². The number of anilines is 1. The second-order valence-electron chi connectivity index (χ2n) is 5.60. The van der Waals surface area contributed by atoms with E-state index in [9.17, 15) is 4.79 Å². The van der Waals surface area contributed by atoms with E-state index in [2.05, 4.69) is 33.6 Å². The molecule has 0 aliphatic heterocycles. The van der Waals surface area contributed by atoms with Gasteiger partial charge in [0.2, 0.25) is 5.95 Å². The van der Waals surface area contributed by atoms with Crippen LogP contribution in [-0.2, 0) is 6.54 Å². The molecule has 0 aliphatic rings. The highest BCUT2D eigenvalue weighted by Gasteiger charge is 2.07. The Morgan fingerprint density at radius 3 is 2.65 bits per heavy atom. The number of benzene rings is 1. The standard InChI is InChI=1S/C18H24N4O/c1-3-4-5-9-19-18-21-12-16(13-22-18)17(23)20-11-15-8-6-7-14(2)10-15/h6-8,10,12-13H,3-5,9,11H2,1-2H3,(H,20,23)(H,19,21,22). The topological polar surface area (TPSA) is 66.9 Å². The van der Waals surface area contributed by atoms with E-state index in [4.69, 9.17) is 0 Å². The Hall–Kier alpha value is -2.43. The molecule has 23 heavy (non-hydrogen) atoms. The highest BCUT2D eigenvalue weighted by atomic mass is 16.1. The molecule has 1 aromatic heterocycles. The lowest BCUT2D eigenvalue weighted by molar-refractivity contribution is 0.0950. The minimum atomic E-state index is -0.163. The normalized spacial score (nSPS) is 10.3. The van der Waals surface area contributed by atoms with Crippen molar-refractivity contribution in [1.29, 1.82) is 0 Å². The van der Waals surface area contributed by atoms with Gasteiger partial charge in [0.15, 0.2) is 0 Å². The largest absolute Gasteiger partial charge is 0.354 e.